The van der Waals surface area contributed by atoms with Crippen LogP contribution in [0, 0.1) is 5.41 Å². The molecule has 0 aromatic carbocycles. The van der Waals surface area contributed by atoms with Crippen LogP contribution in [0.4, 0.5) is 0 Å². The van der Waals surface area contributed by atoms with Crippen LogP contribution < -0.4 is 0 Å². The molecule has 0 aromatic rings. The molecule has 0 aliphatic carbocycles. The summed E-state index contributed by atoms with van der Waals surface area (Å²) in [6.07, 6.45) is 3.85. The Morgan fingerprint density at radius 3 is 2.72 bits per heavy atom. The summed E-state index contributed by atoms with van der Waals surface area (Å²) in [6.45, 7) is 9.17. The van der Waals surface area contributed by atoms with E-state index in [1.807, 2.05) is 13.8 Å². The van der Waals surface area contributed by atoms with Gasteiger partial charge in [0.15, 0.2) is 0 Å². The highest BCUT2D eigenvalue weighted by Gasteiger charge is 2.39. The fourth-order valence-electron chi connectivity index (χ4n) is 3.08. The van der Waals surface area contributed by atoms with Crippen molar-refractivity contribution in [1.82, 2.24) is 9.80 Å². The van der Waals surface area contributed by atoms with Crippen molar-refractivity contribution in [2.45, 2.75) is 52.1 Å². The molecule has 2 fully saturated rings. The molecule has 2 rings (SSSR count). The number of halogens is 1. The number of piperidine rings is 1. The molecule has 4 heteroatoms. The van der Waals surface area contributed by atoms with E-state index in [1.54, 1.807) is 0 Å². The zero-order chi connectivity index (χ0) is 13.3. The van der Waals surface area contributed by atoms with Gasteiger partial charge in [-0.2, -0.15) is 0 Å². The molecule has 3 nitrogen and oxygen atoms in total. The van der Waals surface area contributed by atoms with Gasteiger partial charge < -0.3 is 4.90 Å². The number of fused-ring (bicyclic) bond motifs is 1. The Kier molecular flexibility index (Phi) is 4.22. The van der Waals surface area contributed by atoms with Crippen molar-refractivity contribution in [3.8, 4) is 0 Å². The third-order valence-corrected chi connectivity index (χ3v) is 5.03. The SMILES string of the molecule is CC1CN2CCCCC2CN1C(=O)C(C)(C)CCl. The van der Waals surface area contributed by atoms with Gasteiger partial charge >= 0.3 is 0 Å². The summed E-state index contributed by atoms with van der Waals surface area (Å²) in [7, 11) is 0. The van der Waals surface area contributed by atoms with Crippen molar-refractivity contribution < 1.29 is 4.79 Å². The van der Waals surface area contributed by atoms with Gasteiger partial charge in [-0.25, -0.2) is 0 Å². The molecular weight excluding hydrogens is 248 g/mol. The van der Waals surface area contributed by atoms with Gasteiger partial charge in [-0.1, -0.05) is 6.42 Å². The second-order valence-electron chi connectivity index (χ2n) is 6.47. The first-order chi connectivity index (χ1) is 8.45. The summed E-state index contributed by atoms with van der Waals surface area (Å²) in [5.41, 5.74) is -0.438. The first-order valence-corrected chi connectivity index (χ1v) is 7.60. The number of piperazine rings is 1. The number of nitrogens with zero attached hydrogens (tertiary/aromatic N) is 2. The average Bonchev–Trinajstić information content (AvgIpc) is 2.37. The van der Waals surface area contributed by atoms with E-state index in [-0.39, 0.29) is 5.91 Å². The van der Waals surface area contributed by atoms with Crippen LogP contribution in [-0.2, 0) is 4.79 Å². The third kappa shape index (κ3) is 2.67. The lowest BCUT2D eigenvalue weighted by molar-refractivity contribution is -0.146. The molecule has 2 heterocycles. The van der Waals surface area contributed by atoms with Crippen LogP contribution in [0.2, 0.25) is 0 Å². The second kappa shape index (κ2) is 5.38. The van der Waals surface area contributed by atoms with Crippen LogP contribution in [0.3, 0.4) is 0 Å². The van der Waals surface area contributed by atoms with E-state index in [0.29, 0.717) is 18.0 Å². The minimum atomic E-state index is -0.438. The topological polar surface area (TPSA) is 23.6 Å². The fraction of sp³-hybridized carbons (Fsp3) is 0.929. The second-order valence-corrected chi connectivity index (χ2v) is 6.74. The lowest BCUT2D eigenvalue weighted by Crippen LogP contribution is -2.62. The lowest BCUT2D eigenvalue weighted by Gasteiger charge is -2.49. The Labute approximate surface area is 115 Å². The van der Waals surface area contributed by atoms with Gasteiger partial charge in [-0.05, 0) is 40.2 Å². The highest BCUT2D eigenvalue weighted by Crippen LogP contribution is 2.28. The van der Waals surface area contributed by atoms with E-state index in [1.165, 1.54) is 25.8 Å². The van der Waals surface area contributed by atoms with Crippen LogP contribution in [-0.4, -0.2) is 53.3 Å². The summed E-state index contributed by atoms with van der Waals surface area (Å²) in [5, 5.41) is 0. The number of hydrogen-bond acceptors (Lipinski definition) is 2. The van der Waals surface area contributed by atoms with Crippen molar-refractivity contribution in [3.05, 3.63) is 0 Å². The zero-order valence-corrected chi connectivity index (χ0v) is 12.5. The first-order valence-electron chi connectivity index (χ1n) is 7.07. The van der Waals surface area contributed by atoms with Crippen LogP contribution in [0.25, 0.3) is 0 Å². The summed E-state index contributed by atoms with van der Waals surface area (Å²) in [5.74, 6) is 0.610. The number of amides is 1. The van der Waals surface area contributed by atoms with Gasteiger partial charge in [-0.15, -0.1) is 11.6 Å². The van der Waals surface area contributed by atoms with E-state index in [9.17, 15) is 4.79 Å². The third-order valence-electron chi connectivity index (χ3n) is 4.36. The van der Waals surface area contributed by atoms with Gasteiger partial charge in [0.2, 0.25) is 5.91 Å². The van der Waals surface area contributed by atoms with E-state index in [4.69, 9.17) is 11.6 Å². The summed E-state index contributed by atoms with van der Waals surface area (Å²) >= 11 is 5.93. The minimum Gasteiger partial charge on any atom is -0.337 e. The lowest BCUT2D eigenvalue weighted by atomic mass is 9.90. The zero-order valence-electron chi connectivity index (χ0n) is 11.8. The Morgan fingerprint density at radius 2 is 2.06 bits per heavy atom. The molecule has 1 amide bonds. The molecule has 0 N–H and O–H groups in total. The van der Waals surface area contributed by atoms with Crippen LogP contribution in [0.1, 0.15) is 40.0 Å². The molecule has 2 aliphatic heterocycles. The minimum absolute atomic E-state index is 0.218. The molecule has 0 aromatic heterocycles. The molecule has 2 unspecified atom stereocenters. The van der Waals surface area contributed by atoms with Gasteiger partial charge in [-0.3, -0.25) is 9.69 Å². The fourth-order valence-corrected chi connectivity index (χ4v) is 3.20. The molecule has 18 heavy (non-hydrogen) atoms. The number of carbonyl (C=O) groups excluding carboxylic acids is 1. The van der Waals surface area contributed by atoms with Crippen molar-refractivity contribution in [1.29, 1.82) is 0 Å². The van der Waals surface area contributed by atoms with Gasteiger partial charge in [0.1, 0.15) is 0 Å². The largest absolute Gasteiger partial charge is 0.337 e. The van der Waals surface area contributed by atoms with Gasteiger partial charge in [0, 0.05) is 31.1 Å². The molecule has 104 valence electrons. The highest BCUT2D eigenvalue weighted by atomic mass is 35.5. The van der Waals surface area contributed by atoms with Crippen molar-refractivity contribution in [2.75, 3.05) is 25.5 Å². The molecule has 0 bridgehead atoms. The molecule has 0 spiro atoms. The predicted molar refractivity (Wildman–Crippen MR) is 74.9 cm³/mol. The predicted octanol–water partition coefficient (Wildman–Crippen LogP) is 2.34. The van der Waals surface area contributed by atoms with E-state index in [2.05, 4.69) is 16.7 Å². The number of rotatable bonds is 2. The maximum absolute atomic E-state index is 12.6. The smallest absolute Gasteiger partial charge is 0.229 e. The quantitative estimate of drug-likeness (QED) is 0.721. The van der Waals surface area contributed by atoms with Crippen LogP contribution in [0.15, 0.2) is 0 Å². The van der Waals surface area contributed by atoms with Crippen LogP contribution >= 0.6 is 11.6 Å². The summed E-state index contributed by atoms with van der Waals surface area (Å²) in [6, 6.07) is 0.888. The number of alkyl halides is 1. The first kappa shape index (κ1) is 14.1. The summed E-state index contributed by atoms with van der Waals surface area (Å²) < 4.78 is 0. The van der Waals surface area contributed by atoms with Gasteiger partial charge in [0.25, 0.3) is 0 Å². The molecule has 2 saturated heterocycles. The normalized spacial score (nSPS) is 30.1. The van der Waals surface area contributed by atoms with Crippen molar-refractivity contribution in [2.24, 2.45) is 5.41 Å². The molecular formula is C14H25ClN2O. The summed E-state index contributed by atoms with van der Waals surface area (Å²) in [4.78, 5) is 17.2. The molecule has 2 aliphatic rings. The Bertz CT molecular complexity index is 319. The number of carbonyl (C=O) groups is 1. The highest BCUT2D eigenvalue weighted by molar-refractivity contribution is 6.19. The molecule has 2 atom stereocenters. The van der Waals surface area contributed by atoms with Crippen molar-refractivity contribution >= 4 is 17.5 Å². The van der Waals surface area contributed by atoms with Crippen LogP contribution in [0.5, 0.6) is 0 Å². The molecule has 0 radical (unpaired) electrons. The molecule has 0 saturated carbocycles. The maximum atomic E-state index is 12.6. The van der Waals surface area contributed by atoms with Gasteiger partial charge in [0.05, 0.1) is 5.41 Å². The average molecular weight is 273 g/mol. The van der Waals surface area contributed by atoms with E-state index < -0.39 is 5.41 Å². The standard InChI is InChI=1S/C14H25ClN2O/c1-11-8-16-7-5-4-6-12(16)9-17(11)13(18)14(2,3)10-15/h11-12H,4-10H2,1-3H3. The van der Waals surface area contributed by atoms with Crippen molar-refractivity contribution in [3.63, 3.8) is 0 Å². The Morgan fingerprint density at radius 1 is 1.33 bits per heavy atom. The monoisotopic (exact) mass is 272 g/mol. The van der Waals surface area contributed by atoms with E-state index >= 15 is 0 Å². The Balaban J connectivity index is 2.07. The Hall–Kier alpha value is -0.280. The number of hydrogen-bond donors (Lipinski definition) is 0. The van der Waals surface area contributed by atoms with E-state index in [0.717, 1.165) is 13.1 Å². The maximum Gasteiger partial charge on any atom is 0.229 e.